The predicted octanol–water partition coefficient (Wildman–Crippen LogP) is 3.37. The zero-order valence-electron chi connectivity index (χ0n) is 11.7. The summed E-state index contributed by atoms with van der Waals surface area (Å²) in [6.45, 7) is 3.99. The average molecular weight is 276 g/mol. The number of methoxy groups -OCH3 is 1. The Morgan fingerprint density at radius 2 is 2.20 bits per heavy atom. The minimum atomic E-state index is -0.754. The molecule has 0 radical (unpaired) electrons. The lowest BCUT2D eigenvalue weighted by atomic mass is 10.1. The van der Waals surface area contributed by atoms with Crippen LogP contribution in [0.3, 0.4) is 0 Å². The van der Waals surface area contributed by atoms with Gasteiger partial charge in [-0.25, -0.2) is 9.78 Å². The highest BCUT2D eigenvalue weighted by atomic mass is 16.7. The SMILES string of the molecule is COC(=O)Oc1cc(C2CC2)nc2onc(C(C)C)c12. The second kappa shape index (κ2) is 4.77. The number of rotatable bonds is 3. The van der Waals surface area contributed by atoms with Gasteiger partial charge in [-0.05, 0) is 18.8 Å². The molecule has 0 unspecified atom stereocenters. The van der Waals surface area contributed by atoms with Gasteiger partial charge < -0.3 is 14.0 Å². The Labute approximate surface area is 116 Å². The fraction of sp³-hybridized carbons (Fsp3) is 0.500. The largest absolute Gasteiger partial charge is 0.513 e. The number of aromatic nitrogens is 2. The topological polar surface area (TPSA) is 74.5 Å². The molecular weight excluding hydrogens is 260 g/mol. The number of nitrogens with zero attached hydrogens (tertiary/aromatic N) is 2. The highest BCUT2D eigenvalue weighted by molar-refractivity contribution is 5.86. The van der Waals surface area contributed by atoms with Gasteiger partial charge in [0, 0.05) is 12.0 Å². The second-order valence-corrected chi connectivity index (χ2v) is 5.28. The van der Waals surface area contributed by atoms with Crippen LogP contribution >= 0.6 is 0 Å². The summed E-state index contributed by atoms with van der Waals surface area (Å²) in [6, 6.07) is 1.79. The molecule has 0 aliphatic heterocycles. The molecule has 0 aromatic carbocycles. The minimum Gasteiger partial charge on any atom is -0.437 e. The maximum atomic E-state index is 11.4. The second-order valence-electron chi connectivity index (χ2n) is 5.28. The van der Waals surface area contributed by atoms with Gasteiger partial charge in [0.1, 0.15) is 5.39 Å². The lowest BCUT2D eigenvalue weighted by Gasteiger charge is -2.07. The maximum absolute atomic E-state index is 11.4. The average Bonchev–Trinajstić information content (AvgIpc) is 3.17. The number of carbonyl (C=O) groups excluding carboxylic acids is 1. The molecule has 106 valence electrons. The van der Waals surface area contributed by atoms with Crippen LogP contribution in [0.2, 0.25) is 0 Å². The summed E-state index contributed by atoms with van der Waals surface area (Å²) in [6.07, 6.45) is 1.44. The molecule has 0 N–H and O–H groups in total. The molecule has 1 aliphatic rings. The van der Waals surface area contributed by atoms with Gasteiger partial charge in [-0.3, -0.25) is 0 Å². The Hall–Kier alpha value is -2.11. The monoisotopic (exact) mass is 276 g/mol. The minimum absolute atomic E-state index is 0.143. The Balaban J connectivity index is 2.14. The first kappa shape index (κ1) is 12.9. The summed E-state index contributed by atoms with van der Waals surface area (Å²) in [5.41, 5.74) is 2.02. The van der Waals surface area contributed by atoms with Crippen molar-refractivity contribution in [1.29, 1.82) is 0 Å². The summed E-state index contributed by atoms with van der Waals surface area (Å²) in [4.78, 5) is 15.9. The van der Waals surface area contributed by atoms with Crippen LogP contribution < -0.4 is 4.74 Å². The van der Waals surface area contributed by atoms with E-state index in [0.29, 0.717) is 22.8 Å². The summed E-state index contributed by atoms with van der Waals surface area (Å²) < 4.78 is 15.1. The van der Waals surface area contributed by atoms with E-state index in [0.717, 1.165) is 24.2 Å². The van der Waals surface area contributed by atoms with Crippen LogP contribution in [-0.4, -0.2) is 23.4 Å². The van der Waals surface area contributed by atoms with Crippen LogP contribution in [0.4, 0.5) is 4.79 Å². The van der Waals surface area contributed by atoms with Crippen LogP contribution in [0, 0.1) is 0 Å². The molecule has 2 aromatic heterocycles. The summed E-state index contributed by atoms with van der Waals surface area (Å²) in [5.74, 6) is 0.977. The van der Waals surface area contributed by atoms with Crippen molar-refractivity contribution in [3.63, 3.8) is 0 Å². The van der Waals surface area contributed by atoms with E-state index in [1.807, 2.05) is 13.8 Å². The van der Waals surface area contributed by atoms with Gasteiger partial charge in [-0.1, -0.05) is 19.0 Å². The van der Waals surface area contributed by atoms with Gasteiger partial charge in [0.2, 0.25) is 0 Å². The number of hydrogen-bond acceptors (Lipinski definition) is 6. The Bertz CT molecular complexity index is 658. The number of ether oxygens (including phenoxy) is 2. The van der Waals surface area contributed by atoms with E-state index in [-0.39, 0.29) is 5.92 Å². The predicted molar refractivity (Wildman–Crippen MR) is 70.9 cm³/mol. The molecule has 6 heteroatoms. The van der Waals surface area contributed by atoms with Crippen LogP contribution in [-0.2, 0) is 4.74 Å². The standard InChI is InChI=1S/C14H16N2O4/c1-7(2)12-11-10(19-14(17)18-3)6-9(8-4-5-8)15-13(11)20-16-12/h6-8H,4-5H2,1-3H3. The smallest absolute Gasteiger partial charge is 0.437 e. The Morgan fingerprint density at radius 1 is 1.45 bits per heavy atom. The number of pyridine rings is 1. The van der Waals surface area contributed by atoms with Crippen molar-refractivity contribution in [2.75, 3.05) is 7.11 Å². The van der Waals surface area contributed by atoms with Gasteiger partial charge in [0.25, 0.3) is 5.71 Å². The van der Waals surface area contributed by atoms with Crippen LogP contribution in [0.5, 0.6) is 5.75 Å². The molecule has 0 bridgehead atoms. The third-order valence-electron chi connectivity index (χ3n) is 3.36. The molecule has 0 spiro atoms. The molecule has 2 aromatic rings. The molecule has 0 saturated heterocycles. The van der Waals surface area contributed by atoms with E-state index >= 15 is 0 Å². The third-order valence-corrected chi connectivity index (χ3v) is 3.36. The molecule has 2 heterocycles. The molecule has 3 rings (SSSR count). The molecule has 20 heavy (non-hydrogen) atoms. The van der Waals surface area contributed by atoms with E-state index in [4.69, 9.17) is 9.26 Å². The summed E-state index contributed by atoms with van der Waals surface area (Å²) >= 11 is 0. The van der Waals surface area contributed by atoms with Crippen molar-refractivity contribution in [1.82, 2.24) is 10.1 Å². The van der Waals surface area contributed by atoms with Crippen molar-refractivity contribution in [3.8, 4) is 5.75 Å². The molecule has 0 amide bonds. The van der Waals surface area contributed by atoms with Gasteiger partial charge in [-0.15, -0.1) is 0 Å². The zero-order chi connectivity index (χ0) is 14.3. The number of fused-ring (bicyclic) bond motifs is 1. The first-order chi connectivity index (χ1) is 9.60. The van der Waals surface area contributed by atoms with Gasteiger partial charge in [-0.2, -0.15) is 0 Å². The highest BCUT2D eigenvalue weighted by Crippen LogP contribution is 2.42. The van der Waals surface area contributed by atoms with Gasteiger partial charge >= 0.3 is 6.16 Å². The molecule has 0 atom stereocenters. The third kappa shape index (κ3) is 2.21. The highest BCUT2D eigenvalue weighted by Gasteiger charge is 2.29. The Kier molecular flexibility index (Phi) is 3.08. The molecule has 1 aliphatic carbocycles. The van der Waals surface area contributed by atoms with E-state index < -0.39 is 6.16 Å². The summed E-state index contributed by atoms with van der Waals surface area (Å²) in [7, 11) is 1.28. The fourth-order valence-corrected chi connectivity index (χ4v) is 2.15. The number of carbonyl (C=O) groups is 1. The van der Waals surface area contributed by atoms with Crippen molar-refractivity contribution in [3.05, 3.63) is 17.5 Å². The quantitative estimate of drug-likeness (QED) is 0.800. The zero-order valence-corrected chi connectivity index (χ0v) is 11.7. The first-order valence-electron chi connectivity index (χ1n) is 6.66. The van der Waals surface area contributed by atoms with E-state index in [1.165, 1.54) is 7.11 Å². The molecule has 1 saturated carbocycles. The van der Waals surface area contributed by atoms with Crippen molar-refractivity contribution in [2.24, 2.45) is 0 Å². The maximum Gasteiger partial charge on any atom is 0.513 e. The normalized spacial score (nSPS) is 14.8. The van der Waals surface area contributed by atoms with E-state index in [1.54, 1.807) is 6.07 Å². The van der Waals surface area contributed by atoms with E-state index in [2.05, 4.69) is 14.9 Å². The molecular formula is C14H16N2O4. The molecule has 6 nitrogen and oxygen atoms in total. The lowest BCUT2D eigenvalue weighted by Crippen LogP contribution is -2.08. The van der Waals surface area contributed by atoms with Crippen molar-refractivity contribution in [2.45, 2.75) is 38.5 Å². The van der Waals surface area contributed by atoms with Crippen LogP contribution in [0.1, 0.15) is 49.9 Å². The lowest BCUT2D eigenvalue weighted by molar-refractivity contribution is 0.122. The van der Waals surface area contributed by atoms with Crippen LogP contribution in [0.15, 0.2) is 10.6 Å². The van der Waals surface area contributed by atoms with Crippen LogP contribution in [0.25, 0.3) is 11.1 Å². The first-order valence-corrected chi connectivity index (χ1v) is 6.66. The Morgan fingerprint density at radius 3 is 2.80 bits per heavy atom. The van der Waals surface area contributed by atoms with Crippen molar-refractivity contribution >= 4 is 17.3 Å². The van der Waals surface area contributed by atoms with E-state index in [9.17, 15) is 4.79 Å². The van der Waals surface area contributed by atoms with Crippen molar-refractivity contribution < 1.29 is 18.8 Å². The van der Waals surface area contributed by atoms with Gasteiger partial charge in [0.05, 0.1) is 18.5 Å². The molecule has 1 fully saturated rings. The number of hydrogen-bond donors (Lipinski definition) is 0. The fourth-order valence-electron chi connectivity index (χ4n) is 2.15. The summed E-state index contributed by atoms with van der Waals surface area (Å²) in [5, 5.41) is 4.69. The van der Waals surface area contributed by atoms with Gasteiger partial charge in [0.15, 0.2) is 5.75 Å².